The molecule has 0 aliphatic rings. The Labute approximate surface area is 250 Å². The molecule has 4 aromatic carbocycles. The normalized spacial score (nSPS) is 11.4. The van der Waals surface area contributed by atoms with Gasteiger partial charge in [-0.15, -0.1) is 0 Å². The third kappa shape index (κ3) is 5.70. The fourth-order valence-electron chi connectivity index (χ4n) is 4.25. The molecule has 8 nitrogen and oxygen atoms in total. The van der Waals surface area contributed by atoms with E-state index in [1.165, 1.54) is 4.68 Å². The Balaban J connectivity index is 1.30. The molecule has 202 valence electrons. The molecule has 0 atom stereocenters. The van der Waals surface area contributed by atoms with Crippen LogP contribution in [0.1, 0.15) is 5.56 Å². The van der Waals surface area contributed by atoms with Crippen LogP contribution in [0.5, 0.6) is 5.75 Å². The van der Waals surface area contributed by atoms with Gasteiger partial charge in [-0.3, -0.25) is 9.59 Å². The molecule has 0 spiro atoms. The Morgan fingerprint density at radius 3 is 2.44 bits per heavy atom. The standard InChI is InChI=1S/C31H20Br2N4O4/c32-23-14-19(15-24(33)29(23)40-18-28(38)35-21-9-2-1-3-10-21)17-34-37-30(27-16-20-8-4-7-13-26(20)41-27)36-25-12-6-5-11-22(25)31(37)39/h1-17H,18H2,(H,35,38). The average Bonchev–Trinajstić information content (AvgIpc) is 3.41. The van der Waals surface area contributed by atoms with Gasteiger partial charge in [0.25, 0.3) is 11.5 Å². The van der Waals surface area contributed by atoms with Crippen molar-refractivity contribution in [3.8, 4) is 17.3 Å². The fourth-order valence-corrected chi connectivity index (χ4v) is 5.71. The molecule has 0 radical (unpaired) electrons. The van der Waals surface area contributed by atoms with Crippen LogP contribution in [0.4, 0.5) is 5.69 Å². The minimum Gasteiger partial charge on any atom is -0.481 e. The topological polar surface area (TPSA) is 98.7 Å². The largest absolute Gasteiger partial charge is 0.481 e. The Morgan fingerprint density at radius 1 is 0.951 bits per heavy atom. The summed E-state index contributed by atoms with van der Waals surface area (Å²) in [6.07, 6.45) is 1.55. The zero-order valence-corrected chi connectivity index (χ0v) is 24.4. The molecule has 2 aromatic heterocycles. The van der Waals surface area contributed by atoms with Crippen LogP contribution >= 0.6 is 31.9 Å². The molecule has 0 bridgehead atoms. The molecule has 0 fully saturated rings. The van der Waals surface area contributed by atoms with E-state index in [4.69, 9.17) is 14.1 Å². The number of furan rings is 1. The summed E-state index contributed by atoms with van der Waals surface area (Å²) in [7, 11) is 0. The number of fused-ring (bicyclic) bond motifs is 2. The number of aromatic nitrogens is 2. The third-order valence-electron chi connectivity index (χ3n) is 6.15. The molecule has 10 heteroatoms. The molecule has 0 unspecified atom stereocenters. The van der Waals surface area contributed by atoms with Crippen LogP contribution in [0.15, 0.2) is 120 Å². The number of carbonyl (C=O) groups excluding carboxylic acids is 1. The van der Waals surface area contributed by atoms with Crippen molar-refractivity contribution in [3.63, 3.8) is 0 Å². The lowest BCUT2D eigenvalue weighted by Crippen LogP contribution is -2.20. The minimum absolute atomic E-state index is 0.182. The predicted molar refractivity (Wildman–Crippen MR) is 167 cm³/mol. The van der Waals surface area contributed by atoms with E-state index >= 15 is 0 Å². The van der Waals surface area contributed by atoms with Crippen molar-refractivity contribution in [1.82, 2.24) is 9.66 Å². The highest BCUT2D eigenvalue weighted by Gasteiger charge is 2.17. The van der Waals surface area contributed by atoms with E-state index in [-0.39, 0.29) is 23.9 Å². The first-order valence-corrected chi connectivity index (χ1v) is 14.1. The molecule has 0 saturated carbocycles. The number of ether oxygens (including phenoxy) is 1. The smallest absolute Gasteiger partial charge is 0.282 e. The number of hydrogen-bond acceptors (Lipinski definition) is 6. The second-order valence-electron chi connectivity index (χ2n) is 8.98. The Bertz CT molecular complexity index is 1950. The highest BCUT2D eigenvalue weighted by molar-refractivity contribution is 9.11. The zero-order valence-electron chi connectivity index (χ0n) is 21.3. The van der Waals surface area contributed by atoms with Crippen LogP contribution in [0.3, 0.4) is 0 Å². The van der Waals surface area contributed by atoms with E-state index in [0.29, 0.717) is 48.2 Å². The molecule has 1 N–H and O–H groups in total. The molecular formula is C31H20Br2N4O4. The second kappa shape index (κ2) is 11.5. The van der Waals surface area contributed by atoms with Gasteiger partial charge >= 0.3 is 0 Å². The number of benzene rings is 4. The van der Waals surface area contributed by atoms with Gasteiger partial charge in [-0.05, 0) is 86.0 Å². The van der Waals surface area contributed by atoms with Crippen LogP contribution in [0, 0.1) is 0 Å². The number of anilines is 1. The third-order valence-corrected chi connectivity index (χ3v) is 7.33. The summed E-state index contributed by atoms with van der Waals surface area (Å²) in [5.41, 5.74) is 2.25. The number of rotatable bonds is 7. The first-order valence-electron chi connectivity index (χ1n) is 12.5. The molecule has 0 aliphatic heterocycles. The average molecular weight is 672 g/mol. The number of hydrogen-bond donors (Lipinski definition) is 1. The molecule has 6 aromatic rings. The number of amides is 1. The fraction of sp³-hybridized carbons (Fsp3) is 0.0323. The van der Waals surface area contributed by atoms with Crippen LogP contribution in [-0.4, -0.2) is 28.4 Å². The Kier molecular flexibility index (Phi) is 7.49. The summed E-state index contributed by atoms with van der Waals surface area (Å²) in [6, 6.07) is 29.2. The van der Waals surface area contributed by atoms with Crippen molar-refractivity contribution < 1.29 is 13.9 Å². The lowest BCUT2D eigenvalue weighted by Gasteiger charge is -2.12. The quantitative estimate of drug-likeness (QED) is 0.181. The van der Waals surface area contributed by atoms with Gasteiger partial charge in [0, 0.05) is 11.1 Å². The van der Waals surface area contributed by atoms with E-state index < -0.39 is 0 Å². The van der Waals surface area contributed by atoms with Crippen molar-refractivity contribution in [2.75, 3.05) is 11.9 Å². The summed E-state index contributed by atoms with van der Waals surface area (Å²) < 4.78 is 14.2. The van der Waals surface area contributed by atoms with Crippen LogP contribution in [0.25, 0.3) is 33.5 Å². The van der Waals surface area contributed by atoms with E-state index in [2.05, 4.69) is 42.3 Å². The van der Waals surface area contributed by atoms with E-state index in [1.807, 2.05) is 54.6 Å². The maximum absolute atomic E-state index is 13.5. The molecule has 41 heavy (non-hydrogen) atoms. The number of para-hydroxylation sites is 3. The van der Waals surface area contributed by atoms with E-state index in [9.17, 15) is 9.59 Å². The van der Waals surface area contributed by atoms with E-state index in [0.717, 1.165) is 5.39 Å². The zero-order chi connectivity index (χ0) is 28.3. The van der Waals surface area contributed by atoms with Crippen molar-refractivity contribution in [1.29, 1.82) is 0 Å². The van der Waals surface area contributed by atoms with Crippen molar-refractivity contribution in [2.24, 2.45) is 5.10 Å². The van der Waals surface area contributed by atoms with Gasteiger partial charge < -0.3 is 14.5 Å². The summed E-state index contributed by atoms with van der Waals surface area (Å²) in [5.74, 6) is 0.870. The Hall–Kier alpha value is -4.54. The maximum atomic E-state index is 13.5. The van der Waals surface area contributed by atoms with Gasteiger partial charge in [0.1, 0.15) is 11.3 Å². The highest BCUT2D eigenvalue weighted by Crippen LogP contribution is 2.34. The summed E-state index contributed by atoms with van der Waals surface area (Å²) in [5, 5.41) is 8.62. The molecule has 6 rings (SSSR count). The van der Waals surface area contributed by atoms with Gasteiger partial charge in [0.15, 0.2) is 12.4 Å². The van der Waals surface area contributed by atoms with Crippen molar-refractivity contribution in [2.45, 2.75) is 0 Å². The van der Waals surface area contributed by atoms with Crippen LogP contribution in [0.2, 0.25) is 0 Å². The van der Waals surface area contributed by atoms with Gasteiger partial charge in [0.2, 0.25) is 5.82 Å². The van der Waals surface area contributed by atoms with Crippen molar-refractivity contribution >= 4 is 71.5 Å². The number of carbonyl (C=O) groups is 1. The van der Waals surface area contributed by atoms with Crippen LogP contribution < -0.4 is 15.6 Å². The molecule has 0 aliphatic carbocycles. The second-order valence-corrected chi connectivity index (χ2v) is 10.7. The maximum Gasteiger partial charge on any atom is 0.282 e. The lowest BCUT2D eigenvalue weighted by molar-refractivity contribution is -0.118. The first-order chi connectivity index (χ1) is 20.0. The van der Waals surface area contributed by atoms with E-state index in [1.54, 1.807) is 48.7 Å². The number of nitrogens with zero attached hydrogens (tertiary/aromatic N) is 3. The van der Waals surface area contributed by atoms with Gasteiger partial charge in [-0.1, -0.05) is 48.5 Å². The molecular weight excluding hydrogens is 652 g/mol. The Morgan fingerprint density at radius 2 is 1.66 bits per heavy atom. The summed E-state index contributed by atoms with van der Waals surface area (Å²) in [6.45, 7) is -0.182. The molecule has 2 heterocycles. The monoisotopic (exact) mass is 670 g/mol. The van der Waals surface area contributed by atoms with Gasteiger partial charge in [-0.25, -0.2) is 4.98 Å². The number of nitrogens with one attached hydrogen (secondary N) is 1. The molecule has 0 saturated heterocycles. The minimum atomic E-state index is -0.329. The first kappa shape index (κ1) is 26.7. The molecule has 1 amide bonds. The predicted octanol–water partition coefficient (Wildman–Crippen LogP) is 7.23. The van der Waals surface area contributed by atoms with Gasteiger partial charge in [-0.2, -0.15) is 9.78 Å². The summed E-state index contributed by atoms with van der Waals surface area (Å²) >= 11 is 7.03. The summed E-state index contributed by atoms with van der Waals surface area (Å²) in [4.78, 5) is 30.6. The SMILES string of the molecule is O=C(COc1c(Br)cc(C=Nn2c(-c3cc4ccccc4o3)nc3ccccc3c2=O)cc1Br)Nc1ccccc1. The van der Waals surface area contributed by atoms with Gasteiger partial charge in [0.05, 0.1) is 26.1 Å². The lowest BCUT2D eigenvalue weighted by atomic mass is 10.2. The number of halogens is 2. The highest BCUT2D eigenvalue weighted by atomic mass is 79.9. The van der Waals surface area contributed by atoms with Crippen molar-refractivity contribution in [3.05, 3.63) is 122 Å². The van der Waals surface area contributed by atoms with Crippen LogP contribution in [-0.2, 0) is 4.79 Å².